The molecule has 0 radical (unpaired) electrons. The van der Waals surface area contributed by atoms with Crippen molar-refractivity contribution >= 4 is 17.6 Å². The van der Waals surface area contributed by atoms with Crippen LogP contribution in [0.4, 0.5) is 10.1 Å². The molecule has 0 aliphatic rings. The molecule has 4 nitrogen and oxygen atoms in total. The molecule has 1 unspecified atom stereocenters. The van der Waals surface area contributed by atoms with E-state index in [1.165, 1.54) is 24.3 Å². The molecule has 1 aromatic carbocycles. The number of carbonyl (C=O) groups excluding carboxylic acids is 1. The molecular weight excluding hydrogens is 225 g/mol. The standard InChI is InChI=1S/C12H14FNO3/c1-8(7-12(16)17)6-11(15)14-10-4-2-9(13)3-5-10/h2-5,8H,6-7H2,1H3,(H,14,15)(H,16,17). The summed E-state index contributed by atoms with van der Waals surface area (Å²) in [5.74, 6) is -1.80. The third kappa shape index (κ3) is 5.10. The number of carboxylic acid groups (broad SMARTS) is 1. The highest BCUT2D eigenvalue weighted by atomic mass is 19.1. The summed E-state index contributed by atoms with van der Waals surface area (Å²) < 4.78 is 12.6. The lowest BCUT2D eigenvalue weighted by atomic mass is 10.0. The van der Waals surface area contributed by atoms with Crippen LogP contribution in [0.5, 0.6) is 0 Å². The van der Waals surface area contributed by atoms with E-state index in [4.69, 9.17) is 5.11 Å². The zero-order chi connectivity index (χ0) is 12.8. The molecule has 1 aromatic rings. The van der Waals surface area contributed by atoms with Crippen molar-refractivity contribution in [3.05, 3.63) is 30.1 Å². The third-order valence-electron chi connectivity index (χ3n) is 2.18. The fraction of sp³-hybridized carbons (Fsp3) is 0.333. The molecule has 5 heteroatoms. The monoisotopic (exact) mass is 239 g/mol. The van der Waals surface area contributed by atoms with Gasteiger partial charge < -0.3 is 10.4 Å². The van der Waals surface area contributed by atoms with Gasteiger partial charge in [0.05, 0.1) is 0 Å². The molecule has 2 N–H and O–H groups in total. The van der Waals surface area contributed by atoms with E-state index in [1.807, 2.05) is 0 Å². The van der Waals surface area contributed by atoms with E-state index >= 15 is 0 Å². The number of rotatable bonds is 5. The molecule has 0 saturated heterocycles. The average Bonchev–Trinajstić information content (AvgIpc) is 2.19. The van der Waals surface area contributed by atoms with Crippen LogP contribution in [0, 0.1) is 11.7 Å². The maximum Gasteiger partial charge on any atom is 0.303 e. The number of benzene rings is 1. The summed E-state index contributed by atoms with van der Waals surface area (Å²) in [4.78, 5) is 21.9. The molecule has 0 fully saturated rings. The van der Waals surface area contributed by atoms with Crippen molar-refractivity contribution in [2.24, 2.45) is 5.92 Å². The lowest BCUT2D eigenvalue weighted by Crippen LogP contribution is -2.16. The summed E-state index contributed by atoms with van der Waals surface area (Å²) in [7, 11) is 0. The Morgan fingerprint density at radius 2 is 1.88 bits per heavy atom. The van der Waals surface area contributed by atoms with Gasteiger partial charge in [0.2, 0.25) is 5.91 Å². The van der Waals surface area contributed by atoms with Gasteiger partial charge in [0, 0.05) is 18.5 Å². The summed E-state index contributed by atoms with van der Waals surface area (Å²) >= 11 is 0. The average molecular weight is 239 g/mol. The van der Waals surface area contributed by atoms with E-state index < -0.39 is 5.97 Å². The van der Waals surface area contributed by atoms with Crippen LogP contribution in [0.1, 0.15) is 19.8 Å². The maximum atomic E-state index is 12.6. The molecule has 0 heterocycles. The molecular formula is C12H14FNO3. The zero-order valence-electron chi connectivity index (χ0n) is 9.44. The second-order valence-electron chi connectivity index (χ2n) is 3.96. The summed E-state index contributed by atoms with van der Waals surface area (Å²) in [6.45, 7) is 1.69. The lowest BCUT2D eigenvalue weighted by molar-refractivity contribution is -0.138. The van der Waals surface area contributed by atoms with Crippen molar-refractivity contribution in [2.45, 2.75) is 19.8 Å². The van der Waals surface area contributed by atoms with Gasteiger partial charge in [0.25, 0.3) is 0 Å². The summed E-state index contributed by atoms with van der Waals surface area (Å²) in [6, 6.07) is 5.40. The van der Waals surface area contributed by atoms with Gasteiger partial charge in [-0.15, -0.1) is 0 Å². The number of carbonyl (C=O) groups is 2. The fourth-order valence-corrected chi connectivity index (χ4v) is 1.43. The van der Waals surface area contributed by atoms with Crippen LogP contribution in [0.15, 0.2) is 24.3 Å². The van der Waals surface area contributed by atoms with Crippen molar-refractivity contribution in [2.75, 3.05) is 5.32 Å². The van der Waals surface area contributed by atoms with Crippen LogP contribution in [-0.2, 0) is 9.59 Å². The number of anilines is 1. The van der Waals surface area contributed by atoms with Gasteiger partial charge in [0.15, 0.2) is 0 Å². The first-order valence-corrected chi connectivity index (χ1v) is 5.24. The predicted octanol–water partition coefficient (Wildman–Crippen LogP) is 2.27. The molecule has 1 amide bonds. The van der Waals surface area contributed by atoms with E-state index in [1.54, 1.807) is 6.92 Å². The molecule has 1 atom stereocenters. The normalized spacial score (nSPS) is 11.9. The van der Waals surface area contributed by atoms with Crippen molar-refractivity contribution in [3.8, 4) is 0 Å². The van der Waals surface area contributed by atoms with Crippen molar-refractivity contribution < 1.29 is 19.1 Å². The number of halogens is 1. The van der Waals surface area contributed by atoms with Gasteiger partial charge in [-0.3, -0.25) is 9.59 Å². The highest BCUT2D eigenvalue weighted by molar-refractivity contribution is 5.91. The molecule has 1 rings (SSSR count). The molecule has 92 valence electrons. The number of hydrogen-bond donors (Lipinski definition) is 2. The Balaban J connectivity index is 2.44. The fourth-order valence-electron chi connectivity index (χ4n) is 1.43. The SMILES string of the molecule is CC(CC(=O)O)CC(=O)Nc1ccc(F)cc1. The van der Waals surface area contributed by atoms with Gasteiger partial charge in [0.1, 0.15) is 5.82 Å². The van der Waals surface area contributed by atoms with Crippen LogP contribution >= 0.6 is 0 Å². The topological polar surface area (TPSA) is 66.4 Å². The van der Waals surface area contributed by atoms with E-state index in [2.05, 4.69) is 5.32 Å². The number of carboxylic acids is 1. The Morgan fingerprint density at radius 1 is 1.29 bits per heavy atom. The van der Waals surface area contributed by atoms with Crippen LogP contribution in [0.25, 0.3) is 0 Å². The first kappa shape index (κ1) is 13.2. The Morgan fingerprint density at radius 3 is 2.41 bits per heavy atom. The lowest BCUT2D eigenvalue weighted by Gasteiger charge is -2.09. The summed E-state index contributed by atoms with van der Waals surface area (Å²) in [5.41, 5.74) is 0.499. The molecule has 0 aliphatic heterocycles. The van der Waals surface area contributed by atoms with Crippen molar-refractivity contribution in [1.82, 2.24) is 0 Å². The van der Waals surface area contributed by atoms with E-state index in [0.29, 0.717) is 5.69 Å². The van der Waals surface area contributed by atoms with E-state index in [-0.39, 0.29) is 30.5 Å². The van der Waals surface area contributed by atoms with Crippen molar-refractivity contribution in [1.29, 1.82) is 0 Å². The first-order valence-electron chi connectivity index (χ1n) is 5.24. The number of hydrogen-bond acceptors (Lipinski definition) is 2. The molecule has 0 spiro atoms. The Labute approximate surface area is 98.5 Å². The number of amides is 1. The molecule has 17 heavy (non-hydrogen) atoms. The van der Waals surface area contributed by atoms with Gasteiger partial charge in [-0.1, -0.05) is 6.92 Å². The first-order chi connectivity index (χ1) is 7.97. The van der Waals surface area contributed by atoms with E-state index in [0.717, 1.165) is 0 Å². The minimum Gasteiger partial charge on any atom is -0.481 e. The minimum atomic E-state index is -0.924. The Kier molecular flexibility index (Phi) is 4.63. The quantitative estimate of drug-likeness (QED) is 0.828. The Bertz CT molecular complexity index is 403. The second kappa shape index (κ2) is 5.98. The summed E-state index contributed by atoms with van der Waals surface area (Å²) in [5, 5.41) is 11.1. The number of nitrogens with one attached hydrogen (secondary N) is 1. The van der Waals surface area contributed by atoms with Gasteiger partial charge in [-0.2, -0.15) is 0 Å². The largest absolute Gasteiger partial charge is 0.481 e. The second-order valence-corrected chi connectivity index (χ2v) is 3.96. The van der Waals surface area contributed by atoms with Gasteiger partial charge >= 0.3 is 5.97 Å². The van der Waals surface area contributed by atoms with Crippen LogP contribution in [0.2, 0.25) is 0 Å². The summed E-state index contributed by atoms with van der Waals surface area (Å²) in [6.07, 6.45) is 0.0838. The maximum absolute atomic E-state index is 12.6. The van der Waals surface area contributed by atoms with Gasteiger partial charge in [-0.05, 0) is 30.2 Å². The smallest absolute Gasteiger partial charge is 0.303 e. The molecule has 0 aliphatic carbocycles. The Hall–Kier alpha value is -1.91. The zero-order valence-corrected chi connectivity index (χ0v) is 9.44. The van der Waals surface area contributed by atoms with Crippen molar-refractivity contribution in [3.63, 3.8) is 0 Å². The van der Waals surface area contributed by atoms with Gasteiger partial charge in [-0.25, -0.2) is 4.39 Å². The third-order valence-corrected chi connectivity index (χ3v) is 2.18. The highest BCUT2D eigenvalue weighted by Crippen LogP contribution is 2.12. The van der Waals surface area contributed by atoms with Crippen LogP contribution in [0.3, 0.4) is 0 Å². The predicted molar refractivity (Wildman–Crippen MR) is 61.1 cm³/mol. The highest BCUT2D eigenvalue weighted by Gasteiger charge is 2.12. The molecule has 0 aromatic heterocycles. The van der Waals surface area contributed by atoms with E-state index in [9.17, 15) is 14.0 Å². The van der Waals surface area contributed by atoms with Crippen LogP contribution < -0.4 is 5.32 Å². The minimum absolute atomic E-state index is 0.0448. The number of aliphatic carboxylic acids is 1. The molecule has 0 saturated carbocycles. The van der Waals surface area contributed by atoms with Crippen LogP contribution in [-0.4, -0.2) is 17.0 Å². The molecule has 0 bridgehead atoms.